The molecule has 0 aromatic heterocycles. The lowest BCUT2D eigenvalue weighted by Gasteiger charge is -2.05. The Labute approximate surface area is 497 Å². The van der Waals surface area contributed by atoms with E-state index >= 15 is 0 Å². The monoisotopic (exact) mass is 1150 g/mol. The average molecular weight is 1150 g/mol. The molecule has 6 heteroatoms. The van der Waals surface area contributed by atoms with E-state index in [2.05, 4.69) is 270 Å². The van der Waals surface area contributed by atoms with Crippen LogP contribution in [0.1, 0.15) is 234 Å². The molecule has 7 rings (SSSR count). The highest BCUT2D eigenvalue weighted by atomic mass is 79.9. The van der Waals surface area contributed by atoms with E-state index in [0.717, 1.165) is 33.7 Å². The number of rotatable bonds is 11. The number of halogens is 1. The van der Waals surface area contributed by atoms with Crippen molar-refractivity contribution >= 4 is 21.6 Å². The van der Waals surface area contributed by atoms with Gasteiger partial charge < -0.3 is 4.74 Å². The van der Waals surface area contributed by atoms with Crippen LogP contribution in [-0.2, 0) is 6.42 Å². The number of benzene rings is 7. The number of nitriles is 1. The molecule has 0 fully saturated rings. The van der Waals surface area contributed by atoms with Gasteiger partial charge in [0.2, 0.25) is 0 Å². The number of nitro benzene ring substituents is 1. The Hall–Kier alpha value is -6.29. The summed E-state index contributed by atoms with van der Waals surface area (Å²) in [4.78, 5) is 9.90. The fourth-order valence-corrected chi connectivity index (χ4v) is 7.07. The summed E-state index contributed by atoms with van der Waals surface area (Å²) in [5.41, 5.74) is 14.4. The van der Waals surface area contributed by atoms with Gasteiger partial charge in [-0.1, -0.05) is 279 Å². The van der Waals surface area contributed by atoms with Crippen molar-refractivity contribution in [2.45, 2.75) is 193 Å². The van der Waals surface area contributed by atoms with Gasteiger partial charge in [-0.3, -0.25) is 10.1 Å². The number of nitrogens with zero attached hydrogens (tertiary/aromatic N) is 2. The maximum Gasteiger partial charge on any atom is 0.269 e. The van der Waals surface area contributed by atoms with Crippen molar-refractivity contribution < 1.29 is 9.66 Å². The molecule has 0 aliphatic carbocycles. The lowest BCUT2D eigenvalue weighted by Crippen LogP contribution is -1.90. The van der Waals surface area contributed by atoms with Crippen molar-refractivity contribution in [1.82, 2.24) is 0 Å². The summed E-state index contributed by atoms with van der Waals surface area (Å²) in [5, 5.41) is 18.8. The third-order valence-corrected chi connectivity index (χ3v) is 13.7. The molecule has 0 atom stereocenters. The summed E-state index contributed by atoms with van der Waals surface area (Å²) in [6.45, 7) is 43.5. The Morgan fingerprint density at radius 3 is 0.925 bits per heavy atom. The van der Waals surface area contributed by atoms with E-state index < -0.39 is 0 Å². The van der Waals surface area contributed by atoms with Crippen LogP contribution < -0.4 is 4.74 Å². The molecule has 5 nitrogen and oxygen atoms in total. The number of nitro groups is 1. The fourth-order valence-electron chi connectivity index (χ4n) is 6.80. The first-order valence-corrected chi connectivity index (χ1v) is 29.8. The molecule has 0 aliphatic heterocycles. The van der Waals surface area contributed by atoms with E-state index in [-0.39, 0.29) is 10.6 Å². The van der Waals surface area contributed by atoms with Crippen LogP contribution in [-0.4, -0.2) is 12.0 Å². The zero-order chi connectivity index (χ0) is 60.9. The quantitative estimate of drug-likeness (QED) is 0.0955. The standard InChI is InChI=1S/C11H16.C10H11N.C10H14O.2C10H14.C9H11Br.C9H11NO2.C5H12/c1-4-10-5-7-11(8-6-10)9(2)3;1-8(2)10-5-3-9(7-11)4-6-10;1-8(2)9-4-6-10(11-3)7-5-9;2*1-8(2)10-6-4-9(3)5-7-10;1-7(2)8-3-5-9(10)6-4-8;1-7(2)8-3-5-9(6-4-8)10(11)12;1-4-5(2)3/h5-9H,4H2,1-3H3;3-6,8H,1-2H3;4-8H,1-3H3;2*4-8H,1-3H3;3-7H,1-2H3;3-7H,1-2H3;5H,4H2,1-3H3. The van der Waals surface area contributed by atoms with E-state index in [1.165, 1.54) is 68.6 Å². The van der Waals surface area contributed by atoms with Gasteiger partial charge in [-0.25, -0.2) is 0 Å². The average Bonchev–Trinajstić information content (AvgIpc) is 3.44. The molecule has 0 N–H and O–H groups in total. The fraction of sp³-hybridized carbons (Fsp3) is 0.419. The third kappa shape index (κ3) is 33.3. The smallest absolute Gasteiger partial charge is 0.269 e. The van der Waals surface area contributed by atoms with E-state index in [1.807, 2.05) is 36.4 Å². The molecular formula is C74H103BrN2O3. The van der Waals surface area contributed by atoms with Gasteiger partial charge in [0.15, 0.2) is 0 Å². The third-order valence-electron chi connectivity index (χ3n) is 13.2. The number of hydrogen-bond donors (Lipinski definition) is 0. The van der Waals surface area contributed by atoms with Gasteiger partial charge in [0, 0.05) is 16.6 Å². The molecule has 0 aliphatic rings. The van der Waals surface area contributed by atoms with Crippen LogP contribution in [0.25, 0.3) is 0 Å². The summed E-state index contributed by atoms with van der Waals surface area (Å²) in [6.07, 6.45) is 2.44. The molecule has 0 amide bonds. The molecule has 0 saturated carbocycles. The second-order valence-corrected chi connectivity index (χ2v) is 23.6. The van der Waals surface area contributed by atoms with Gasteiger partial charge in [0.1, 0.15) is 5.75 Å². The van der Waals surface area contributed by atoms with Crippen LogP contribution >= 0.6 is 15.9 Å². The number of ether oxygens (including phenoxy) is 1. The highest BCUT2D eigenvalue weighted by molar-refractivity contribution is 9.10. The molecule has 7 aromatic rings. The first-order valence-electron chi connectivity index (χ1n) is 29.0. The molecular weight excluding hydrogens is 1040 g/mol. The second kappa shape index (κ2) is 41.7. The summed E-state index contributed by atoms with van der Waals surface area (Å²) >= 11 is 3.39. The van der Waals surface area contributed by atoms with Crippen molar-refractivity contribution in [1.29, 1.82) is 5.26 Å². The maximum absolute atomic E-state index is 10.3. The Kier molecular flexibility index (Phi) is 38.4. The van der Waals surface area contributed by atoms with Gasteiger partial charge in [0.05, 0.1) is 23.7 Å². The van der Waals surface area contributed by atoms with Gasteiger partial charge in [-0.05, 0) is 149 Å². The Morgan fingerprint density at radius 2 is 0.688 bits per heavy atom. The van der Waals surface area contributed by atoms with Crippen LogP contribution in [0.2, 0.25) is 0 Å². The predicted molar refractivity (Wildman–Crippen MR) is 353 cm³/mol. The zero-order valence-corrected chi connectivity index (χ0v) is 54.8. The van der Waals surface area contributed by atoms with Crippen LogP contribution in [0.4, 0.5) is 5.69 Å². The topological polar surface area (TPSA) is 76.2 Å². The van der Waals surface area contributed by atoms with Crippen LogP contribution in [0.5, 0.6) is 5.75 Å². The minimum Gasteiger partial charge on any atom is -0.497 e. The lowest BCUT2D eigenvalue weighted by atomic mass is 10.0. The molecule has 0 saturated heterocycles. The molecule has 80 heavy (non-hydrogen) atoms. The van der Waals surface area contributed by atoms with Crippen LogP contribution in [0, 0.1) is 41.2 Å². The maximum atomic E-state index is 10.3. The largest absolute Gasteiger partial charge is 0.497 e. The lowest BCUT2D eigenvalue weighted by molar-refractivity contribution is -0.384. The minimum absolute atomic E-state index is 0.152. The zero-order valence-electron chi connectivity index (χ0n) is 53.2. The summed E-state index contributed by atoms with van der Waals surface area (Å²) in [7, 11) is 1.68. The van der Waals surface area contributed by atoms with Gasteiger partial charge >= 0.3 is 0 Å². The Bertz CT molecular complexity index is 2510. The Balaban J connectivity index is 0.000000898. The van der Waals surface area contributed by atoms with Crippen molar-refractivity contribution in [3.8, 4) is 11.8 Å². The molecule has 0 heterocycles. The van der Waals surface area contributed by atoms with Crippen molar-refractivity contribution in [3.05, 3.63) is 246 Å². The molecule has 0 unspecified atom stereocenters. The summed E-state index contributed by atoms with van der Waals surface area (Å²) in [6, 6.07) is 59.4. The molecule has 7 aromatic carbocycles. The number of aryl methyl sites for hydroxylation is 3. The van der Waals surface area contributed by atoms with E-state index in [0.29, 0.717) is 41.4 Å². The van der Waals surface area contributed by atoms with Gasteiger partial charge in [0.25, 0.3) is 5.69 Å². The molecule has 0 spiro atoms. The summed E-state index contributed by atoms with van der Waals surface area (Å²) in [5.74, 6) is 5.97. The first kappa shape index (κ1) is 73.7. The van der Waals surface area contributed by atoms with E-state index in [4.69, 9.17) is 10.00 Å². The second-order valence-electron chi connectivity index (χ2n) is 22.7. The van der Waals surface area contributed by atoms with Crippen LogP contribution in [0.15, 0.2) is 174 Å². The molecule has 0 radical (unpaired) electrons. The van der Waals surface area contributed by atoms with E-state index in [1.54, 1.807) is 19.2 Å². The normalized spacial score (nSPS) is 10.2. The summed E-state index contributed by atoms with van der Waals surface area (Å²) < 4.78 is 6.20. The molecule has 434 valence electrons. The number of hydrogen-bond acceptors (Lipinski definition) is 4. The van der Waals surface area contributed by atoms with E-state index in [9.17, 15) is 10.1 Å². The molecule has 0 bridgehead atoms. The number of methoxy groups -OCH3 is 1. The van der Waals surface area contributed by atoms with Crippen LogP contribution in [0.3, 0.4) is 0 Å². The first-order chi connectivity index (χ1) is 37.7. The van der Waals surface area contributed by atoms with Crippen molar-refractivity contribution in [2.24, 2.45) is 5.92 Å². The minimum atomic E-state index is -0.385. The van der Waals surface area contributed by atoms with Crippen molar-refractivity contribution in [3.63, 3.8) is 0 Å². The SMILES string of the molecule is CC(C)c1ccc(Br)cc1.CC(C)c1ccc(C#N)cc1.CC(C)c1ccc([N+](=O)[O-])cc1.CCC(C)C.CCc1ccc(C(C)C)cc1.COc1ccc(C(C)C)cc1.Cc1ccc(C(C)C)cc1.Cc1ccc(C(C)C)cc1. The highest BCUT2D eigenvalue weighted by Gasteiger charge is 2.06. The predicted octanol–water partition coefficient (Wildman–Crippen LogP) is 23.5. The number of non-ortho nitro benzene ring substituents is 1. The van der Waals surface area contributed by atoms with Gasteiger partial charge in [-0.2, -0.15) is 5.26 Å². The van der Waals surface area contributed by atoms with Gasteiger partial charge in [-0.15, -0.1) is 0 Å². The van der Waals surface area contributed by atoms with Crippen molar-refractivity contribution in [2.75, 3.05) is 7.11 Å². The highest BCUT2D eigenvalue weighted by Crippen LogP contribution is 2.21. The Morgan fingerprint density at radius 1 is 0.438 bits per heavy atom.